The highest BCUT2D eigenvalue weighted by atomic mass is 16.3. The molecule has 2 atom stereocenters. The fourth-order valence-corrected chi connectivity index (χ4v) is 2.40. The van der Waals surface area contributed by atoms with Crippen LogP contribution in [0, 0.1) is 11.8 Å². The van der Waals surface area contributed by atoms with Crippen LogP contribution in [0.15, 0.2) is 18.2 Å². The summed E-state index contributed by atoms with van der Waals surface area (Å²) in [4.78, 5) is 12.0. The average molecular weight is 264 g/mol. The number of hydrogen-bond acceptors (Lipinski definition) is 4. The van der Waals surface area contributed by atoms with Crippen molar-refractivity contribution in [3.05, 3.63) is 23.8 Å². The predicted octanol–water partition coefficient (Wildman–Crippen LogP) is 1.07. The van der Waals surface area contributed by atoms with Gasteiger partial charge < -0.3 is 20.8 Å². The van der Waals surface area contributed by atoms with E-state index in [1.54, 1.807) is 0 Å². The molecule has 1 fully saturated rings. The lowest BCUT2D eigenvalue weighted by molar-refractivity contribution is 0.0935. The first-order valence-corrected chi connectivity index (χ1v) is 6.59. The molecule has 0 saturated carbocycles. The lowest BCUT2D eigenvalue weighted by Gasteiger charge is -2.29. The summed E-state index contributed by atoms with van der Waals surface area (Å²) in [5.74, 6) is 0.474. The summed E-state index contributed by atoms with van der Waals surface area (Å²) in [5.41, 5.74) is 0.113. The van der Waals surface area contributed by atoms with Crippen LogP contribution in [-0.2, 0) is 0 Å². The normalized spacial score (nSPS) is 23.0. The van der Waals surface area contributed by atoms with E-state index >= 15 is 0 Å². The van der Waals surface area contributed by atoms with Crippen molar-refractivity contribution < 1.29 is 15.0 Å². The zero-order valence-electron chi connectivity index (χ0n) is 11.0. The van der Waals surface area contributed by atoms with Crippen LogP contribution in [0.1, 0.15) is 23.7 Å². The molecule has 1 saturated heterocycles. The molecule has 5 nitrogen and oxygen atoms in total. The minimum Gasteiger partial charge on any atom is -0.508 e. The zero-order chi connectivity index (χ0) is 13.8. The monoisotopic (exact) mass is 264 g/mol. The van der Waals surface area contributed by atoms with Gasteiger partial charge in [0, 0.05) is 6.54 Å². The van der Waals surface area contributed by atoms with Crippen LogP contribution in [0.25, 0.3) is 0 Å². The Morgan fingerprint density at radius 2 is 2.26 bits per heavy atom. The van der Waals surface area contributed by atoms with E-state index in [9.17, 15) is 15.0 Å². The Bertz CT molecular complexity index is 462. The molecule has 0 aromatic heterocycles. The Morgan fingerprint density at radius 3 is 3.00 bits per heavy atom. The van der Waals surface area contributed by atoms with Crippen molar-refractivity contribution in [3.63, 3.8) is 0 Å². The van der Waals surface area contributed by atoms with Crippen molar-refractivity contribution in [2.75, 3.05) is 19.6 Å². The van der Waals surface area contributed by atoms with Gasteiger partial charge in [-0.25, -0.2) is 0 Å². The zero-order valence-corrected chi connectivity index (χ0v) is 11.0. The number of benzene rings is 1. The summed E-state index contributed by atoms with van der Waals surface area (Å²) < 4.78 is 0. The summed E-state index contributed by atoms with van der Waals surface area (Å²) >= 11 is 0. The summed E-state index contributed by atoms with van der Waals surface area (Å²) in [5, 5.41) is 25.1. The minimum absolute atomic E-state index is 0.0295. The maximum absolute atomic E-state index is 12.0. The molecule has 1 amide bonds. The molecular formula is C14H20N2O3. The van der Waals surface area contributed by atoms with Gasteiger partial charge in [-0.15, -0.1) is 0 Å². The van der Waals surface area contributed by atoms with E-state index in [1.807, 2.05) is 0 Å². The first-order chi connectivity index (χ1) is 9.08. The molecular weight excluding hydrogens is 244 g/mol. The topological polar surface area (TPSA) is 81.6 Å². The first kappa shape index (κ1) is 13.7. The SMILES string of the molecule is CC1CNCCC1CNC(=O)c1cc(O)ccc1O. The highest BCUT2D eigenvalue weighted by Crippen LogP contribution is 2.22. The summed E-state index contributed by atoms with van der Waals surface area (Å²) in [7, 11) is 0. The van der Waals surface area contributed by atoms with Gasteiger partial charge >= 0.3 is 0 Å². The molecule has 0 aliphatic carbocycles. The van der Waals surface area contributed by atoms with Crippen molar-refractivity contribution in [2.45, 2.75) is 13.3 Å². The highest BCUT2D eigenvalue weighted by Gasteiger charge is 2.22. The van der Waals surface area contributed by atoms with Gasteiger partial charge in [0.25, 0.3) is 5.91 Å². The number of phenolic OH excluding ortho intramolecular Hbond substituents is 2. The van der Waals surface area contributed by atoms with Gasteiger partial charge in [-0.05, 0) is 49.5 Å². The molecule has 0 radical (unpaired) electrons. The van der Waals surface area contributed by atoms with Gasteiger partial charge in [-0.2, -0.15) is 0 Å². The molecule has 2 unspecified atom stereocenters. The number of aromatic hydroxyl groups is 2. The highest BCUT2D eigenvalue weighted by molar-refractivity contribution is 5.97. The Hall–Kier alpha value is -1.75. The Labute approximate surface area is 112 Å². The number of amides is 1. The largest absolute Gasteiger partial charge is 0.508 e. The van der Waals surface area contributed by atoms with E-state index in [0.29, 0.717) is 18.4 Å². The van der Waals surface area contributed by atoms with Crippen molar-refractivity contribution in [1.29, 1.82) is 0 Å². The Morgan fingerprint density at radius 1 is 1.47 bits per heavy atom. The third-order valence-corrected chi connectivity index (χ3v) is 3.71. The third-order valence-electron chi connectivity index (χ3n) is 3.71. The van der Waals surface area contributed by atoms with E-state index in [-0.39, 0.29) is 23.0 Å². The van der Waals surface area contributed by atoms with Gasteiger partial charge in [0.2, 0.25) is 0 Å². The molecule has 1 heterocycles. The number of phenols is 2. The summed E-state index contributed by atoms with van der Waals surface area (Å²) in [6.07, 6.45) is 1.04. The van der Waals surface area contributed by atoms with Crippen LogP contribution >= 0.6 is 0 Å². The minimum atomic E-state index is -0.348. The molecule has 1 aliphatic heterocycles. The maximum atomic E-state index is 12.0. The van der Waals surface area contributed by atoms with Crippen LogP contribution in [0.4, 0.5) is 0 Å². The van der Waals surface area contributed by atoms with Gasteiger partial charge in [0.05, 0.1) is 5.56 Å². The van der Waals surface area contributed by atoms with Crippen LogP contribution in [-0.4, -0.2) is 35.8 Å². The summed E-state index contributed by atoms with van der Waals surface area (Å²) in [6, 6.07) is 3.94. The average Bonchev–Trinajstić information content (AvgIpc) is 2.40. The second kappa shape index (κ2) is 5.93. The quantitative estimate of drug-likeness (QED) is 0.616. The van der Waals surface area contributed by atoms with E-state index in [1.165, 1.54) is 18.2 Å². The van der Waals surface area contributed by atoms with Gasteiger partial charge in [0.15, 0.2) is 0 Å². The van der Waals surface area contributed by atoms with Crippen molar-refractivity contribution in [1.82, 2.24) is 10.6 Å². The van der Waals surface area contributed by atoms with Gasteiger partial charge in [-0.1, -0.05) is 6.92 Å². The van der Waals surface area contributed by atoms with Crippen molar-refractivity contribution >= 4 is 5.91 Å². The number of carbonyl (C=O) groups is 1. The van der Waals surface area contributed by atoms with E-state index in [2.05, 4.69) is 17.6 Å². The number of hydrogen-bond donors (Lipinski definition) is 4. The van der Waals surface area contributed by atoms with Crippen LogP contribution < -0.4 is 10.6 Å². The molecule has 2 rings (SSSR count). The van der Waals surface area contributed by atoms with E-state index in [0.717, 1.165) is 19.5 Å². The molecule has 104 valence electrons. The lowest BCUT2D eigenvalue weighted by atomic mass is 9.88. The fourth-order valence-electron chi connectivity index (χ4n) is 2.40. The van der Waals surface area contributed by atoms with Crippen LogP contribution in [0.3, 0.4) is 0 Å². The van der Waals surface area contributed by atoms with Crippen LogP contribution in [0.5, 0.6) is 11.5 Å². The Kier molecular flexibility index (Phi) is 4.27. The number of rotatable bonds is 3. The van der Waals surface area contributed by atoms with Crippen molar-refractivity contribution in [2.24, 2.45) is 11.8 Å². The van der Waals surface area contributed by atoms with Crippen LogP contribution in [0.2, 0.25) is 0 Å². The molecule has 4 N–H and O–H groups in total. The fraction of sp³-hybridized carbons (Fsp3) is 0.500. The second-order valence-electron chi connectivity index (χ2n) is 5.14. The second-order valence-corrected chi connectivity index (χ2v) is 5.14. The predicted molar refractivity (Wildman–Crippen MR) is 72.2 cm³/mol. The first-order valence-electron chi connectivity index (χ1n) is 6.59. The molecule has 0 bridgehead atoms. The van der Waals surface area contributed by atoms with Gasteiger partial charge in [-0.3, -0.25) is 4.79 Å². The number of carbonyl (C=O) groups excluding carboxylic acids is 1. The molecule has 1 aliphatic rings. The number of nitrogens with one attached hydrogen (secondary N) is 2. The standard InChI is InChI=1S/C14H20N2O3/c1-9-7-15-5-4-10(9)8-16-14(19)12-6-11(17)2-3-13(12)18/h2-3,6,9-10,15,17-18H,4-5,7-8H2,1H3,(H,16,19). The summed E-state index contributed by atoms with van der Waals surface area (Å²) in [6.45, 7) is 4.70. The van der Waals surface area contributed by atoms with E-state index < -0.39 is 0 Å². The number of piperidine rings is 1. The molecule has 5 heteroatoms. The Balaban J connectivity index is 1.95. The lowest BCUT2D eigenvalue weighted by Crippen LogP contribution is -2.41. The molecule has 0 spiro atoms. The smallest absolute Gasteiger partial charge is 0.255 e. The molecule has 19 heavy (non-hydrogen) atoms. The molecule has 1 aromatic rings. The van der Waals surface area contributed by atoms with E-state index in [4.69, 9.17) is 0 Å². The maximum Gasteiger partial charge on any atom is 0.255 e. The molecule has 1 aromatic carbocycles. The van der Waals surface area contributed by atoms with Gasteiger partial charge in [0.1, 0.15) is 11.5 Å². The van der Waals surface area contributed by atoms with Crippen molar-refractivity contribution in [3.8, 4) is 11.5 Å². The third kappa shape index (κ3) is 3.38.